The van der Waals surface area contributed by atoms with Crippen molar-refractivity contribution in [2.24, 2.45) is 5.10 Å². The van der Waals surface area contributed by atoms with Gasteiger partial charge in [-0.05, 0) is 96.4 Å². The average molecular weight is 520 g/mol. The molecule has 0 aliphatic rings. The number of halogens is 1. The van der Waals surface area contributed by atoms with Crippen molar-refractivity contribution in [1.82, 2.24) is 9.99 Å². The van der Waals surface area contributed by atoms with Crippen LogP contribution in [0.5, 0.6) is 5.75 Å². The third-order valence-corrected chi connectivity index (χ3v) is 6.36. The lowest BCUT2D eigenvalue weighted by atomic mass is 10.1. The van der Waals surface area contributed by atoms with Crippen LogP contribution in [-0.2, 0) is 6.61 Å². The van der Waals surface area contributed by atoms with Gasteiger partial charge in [-0.3, -0.25) is 4.79 Å². The highest BCUT2D eigenvalue weighted by Crippen LogP contribution is 2.26. The van der Waals surface area contributed by atoms with Gasteiger partial charge in [-0.2, -0.15) is 5.10 Å². The quantitative estimate of drug-likeness (QED) is 0.171. The normalized spacial score (nSPS) is 11.0. The van der Waals surface area contributed by atoms with E-state index in [2.05, 4.69) is 46.3 Å². The highest BCUT2D eigenvalue weighted by atomic mass is 35.5. The van der Waals surface area contributed by atoms with Crippen molar-refractivity contribution in [1.29, 1.82) is 0 Å². The largest absolute Gasteiger partial charge is 0.489 e. The highest BCUT2D eigenvalue weighted by molar-refractivity contribution is 6.30. The van der Waals surface area contributed by atoms with Gasteiger partial charge in [0.25, 0.3) is 5.91 Å². The van der Waals surface area contributed by atoms with Crippen molar-refractivity contribution in [3.05, 3.63) is 143 Å². The molecule has 0 atom stereocenters. The Kier molecular flexibility index (Phi) is 7.67. The Hall–Kier alpha value is -4.61. The van der Waals surface area contributed by atoms with Crippen LogP contribution in [0.4, 0.5) is 0 Å². The Labute approximate surface area is 227 Å². The van der Waals surface area contributed by atoms with Gasteiger partial charge in [0.15, 0.2) is 0 Å². The highest BCUT2D eigenvalue weighted by Gasteiger charge is 2.11. The number of hydrogen-bond acceptors (Lipinski definition) is 3. The molecule has 1 amide bonds. The molecule has 38 heavy (non-hydrogen) atoms. The first kappa shape index (κ1) is 25.1. The topological polar surface area (TPSA) is 55.6 Å². The SMILES string of the molecule is Cc1ccc(-c2ccccc2)n1-c1ccc(C(=O)N/N=C/c2ccc(OCc3ccc(Cl)cc3)cc2)cc1. The van der Waals surface area contributed by atoms with Crippen molar-refractivity contribution >= 4 is 23.7 Å². The molecular formula is C32H26ClN3O2. The van der Waals surface area contributed by atoms with Crippen LogP contribution in [0.2, 0.25) is 5.02 Å². The van der Waals surface area contributed by atoms with E-state index >= 15 is 0 Å². The van der Waals surface area contributed by atoms with E-state index in [9.17, 15) is 4.79 Å². The number of nitrogens with one attached hydrogen (secondary N) is 1. The summed E-state index contributed by atoms with van der Waals surface area (Å²) < 4.78 is 7.98. The molecule has 1 heterocycles. The third-order valence-electron chi connectivity index (χ3n) is 6.11. The summed E-state index contributed by atoms with van der Waals surface area (Å²) in [6.45, 7) is 2.52. The zero-order chi connectivity index (χ0) is 26.3. The maximum absolute atomic E-state index is 12.6. The van der Waals surface area contributed by atoms with Crippen molar-refractivity contribution in [3.8, 4) is 22.7 Å². The monoisotopic (exact) mass is 519 g/mol. The number of aromatic nitrogens is 1. The lowest BCUT2D eigenvalue weighted by molar-refractivity contribution is 0.0955. The lowest BCUT2D eigenvalue weighted by Gasteiger charge is -2.12. The van der Waals surface area contributed by atoms with E-state index in [1.807, 2.05) is 78.9 Å². The van der Waals surface area contributed by atoms with Gasteiger partial charge in [0.1, 0.15) is 12.4 Å². The number of nitrogens with zero attached hydrogens (tertiary/aromatic N) is 2. The minimum atomic E-state index is -0.275. The molecule has 0 bridgehead atoms. The Balaban J connectivity index is 1.18. The summed E-state index contributed by atoms with van der Waals surface area (Å²) in [6, 6.07) is 37.0. The summed E-state index contributed by atoms with van der Waals surface area (Å²) in [5, 5.41) is 4.81. The third kappa shape index (κ3) is 6.02. The van der Waals surface area contributed by atoms with Gasteiger partial charge in [0, 0.05) is 22.0 Å². The molecule has 1 N–H and O–H groups in total. The number of hydrazone groups is 1. The summed E-state index contributed by atoms with van der Waals surface area (Å²) in [6.07, 6.45) is 1.60. The minimum Gasteiger partial charge on any atom is -0.489 e. The fourth-order valence-electron chi connectivity index (χ4n) is 4.10. The van der Waals surface area contributed by atoms with E-state index in [-0.39, 0.29) is 5.91 Å². The summed E-state index contributed by atoms with van der Waals surface area (Å²) in [4.78, 5) is 12.6. The molecule has 0 radical (unpaired) electrons. The number of benzene rings is 4. The molecule has 1 aromatic heterocycles. The van der Waals surface area contributed by atoms with Crippen LogP contribution < -0.4 is 10.2 Å². The van der Waals surface area contributed by atoms with Crippen LogP contribution in [0.3, 0.4) is 0 Å². The van der Waals surface area contributed by atoms with Crippen molar-refractivity contribution in [2.75, 3.05) is 0 Å². The van der Waals surface area contributed by atoms with Gasteiger partial charge < -0.3 is 9.30 Å². The molecular weight excluding hydrogens is 494 g/mol. The second-order valence-corrected chi connectivity index (χ2v) is 9.23. The number of aryl methyl sites for hydroxylation is 1. The van der Waals surface area contributed by atoms with Gasteiger partial charge >= 0.3 is 0 Å². The van der Waals surface area contributed by atoms with E-state index in [1.165, 1.54) is 0 Å². The zero-order valence-electron chi connectivity index (χ0n) is 20.8. The zero-order valence-corrected chi connectivity index (χ0v) is 21.6. The minimum absolute atomic E-state index is 0.275. The summed E-state index contributed by atoms with van der Waals surface area (Å²) in [5.41, 5.74) is 9.36. The standard InChI is InChI=1S/C32H26ClN3O2/c1-23-7-20-31(26-5-3-2-4-6-26)36(23)29-16-12-27(13-17-29)32(37)35-34-21-24-10-18-30(19-11-24)38-22-25-8-14-28(33)15-9-25/h2-21H,22H2,1H3,(H,35,37)/b34-21+. The molecule has 0 spiro atoms. The molecule has 0 saturated carbocycles. The summed E-state index contributed by atoms with van der Waals surface area (Å²) >= 11 is 5.92. The smallest absolute Gasteiger partial charge is 0.271 e. The number of amides is 1. The molecule has 188 valence electrons. The van der Waals surface area contributed by atoms with Crippen molar-refractivity contribution in [3.63, 3.8) is 0 Å². The number of rotatable bonds is 8. The molecule has 5 aromatic rings. The predicted octanol–water partition coefficient (Wildman–Crippen LogP) is 7.45. The molecule has 0 fully saturated rings. The fourth-order valence-corrected chi connectivity index (χ4v) is 4.23. The van der Waals surface area contributed by atoms with Crippen LogP contribution >= 0.6 is 11.6 Å². The molecule has 0 unspecified atom stereocenters. The van der Waals surface area contributed by atoms with Gasteiger partial charge in [-0.15, -0.1) is 0 Å². The molecule has 6 heteroatoms. The molecule has 0 aliphatic heterocycles. The first-order valence-electron chi connectivity index (χ1n) is 12.2. The summed E-state index contributed by atoms with van der Waals surface area (Å²) in [7, 11) is 0. The molecule has 4 aromatic carbocycles. The van der Waals surface area contributed by atoms with E-state index in [1.54, 1.807) is 18.3 Å². The number of ether oxygens (including phenoxy) is 1. The molecule has 5 rings (SSSR count). The first-order chi connectivity index (χ1) is 18.6. The van der Waals surface area contributed by atoms with E-state index in [0.717, 1.165) is 39.5 Å². The Morgan fingerprint density at radius 2 is 1.58 bits per heavy atom. The second-order valence-electron chi connectivity index (χ2n) is 8.79. The fraction of sp³-hybridized carbons (Fsp3) is 0.0625. The predicted molar refractivity (Wildman–Crippen MR) is 153 cm³/mol. The van der Waals surface area contributed by atoms with E-state index in [0.29, 0.717) is 17.2 Å². The Morgan fingerprint density at radius 3 is 2.29 bits per heavy atom. The van der Waals surface area contributed by atoms with Crippen LogP contribution in [0, 0.1) is 6.92 Å². The average Bonchev–Trinajstić information content (AvgIpc) is 3.35. The maximum Gasteiger partial charge on any atom is 0.271 e. The van der Waals surface area contributed by atoms with Gasteiger partial charge in [0.05, 0.1) is 11.9 Å². The second kappa shape index (κ2) is 11.6. The maximum atomic E-state index is 12.6. The van der Waals surface area contributed by atoms with Crippen LogP contribution in [0.25, 0.3) is 16.9 Å². The van der Waals surface area contributed by atoms with E-state index in [4.69, 9.17) is 16.3 Å². The number of carbonyl (C=O) groups is 1. The van der Waals surface area contributed by atoms with Crippen LogP contribution in [0.15, 0.2) is 120 Å². The molecule has 5 nitrogen and oxygen atoms in total. The summed E-state index contributed by atoms with van der Waals surface area (Å²) in [5.74, 6) is 0.470. The Bertz CT molecular complexity index is 1540. The number of carbonyl (C=O) groups excluding carboxylic acids is 1. The Morgan fingerprint density at radius 1 is 0.868 bits per heavy atom. The lowest BCUT2D eigenvalue weighted by Crippen LogP contribution is -2.17. The van der Waals surface area contributed by atoms with Crippen LogP contribution in [0.1, 0.15) is 27.2 Å². The molecule has 0 aliphatic carbocycles. The molecule has 0 saturated heterocycles. The van der Waals surface area contributed by atoms with Gasteiger partial charge in [0.2, 0.25) is 0 Å². The van der Waals surface area contributed by atoms with E-state index < -0.39 is 0 Å². The van der Waals surface area contributed by atoms with Gasteiger partial charge in [-0.25, -0.2) is 5.43 Å². The van der Waals surface area contributed by atoms with Crippen molar-refractivity contribution < 1.29 is 9.53 Å². The van der Waals surface area contributed by atoms with Crippen LogP contribution in [-0.4, -0.2) is 16.7 Å². The van der Waals surface area contributed by atoms with Gasteiger partial charge in [-0.1, -0.05) is 54.1 Å². The van der Waals surface area contributed by atoms with Crippen molar-refractivity contribution in [2.45, 2.75) is 13.5 Å². The number of hydrogen-bond donors (Lipinski definition) is 1. The first-order valence-corrected chi connectivity index (χ1v) is 12.6.